The van der Waals surface area contributed by atoms with Gasteiger partial charge in [-0.15, -0.1) is 0 Å². The SMILES string of the molecule is CCN(CC1CCN(CCc2ccccc2C)CC1)C(=O)C1C=CCN1. The van der Waals surface area contributed by atoms with E-state index < -0.39 is 0 Å². The van der Waals surface area contributed by atoms with Crippen molar-refractivity contribution in [3.05, 3.63) is 47.5 Å². The number of amides is 1. The molecule has 0 aromatic heterocycles. The summed E-state index contributed by atoms with van der Waals surface area (Å²) in [5.41, 5.74) is 2.86. The van der Waals surface area contributed by atoms with Gasteiger partial charge < -0.3 is 9.80 Å². The maximum atomic E-state index is 12.6. The van der Waals surface area contributed by atoms with Crippen molar-refractivity contribution in [1.29, 1.82) is 0 Å². The fourth-order valence-electron chi connectivity index (χ4n) is 4.08. The number of nitrogens with one attached hydrogen (secondary N) is 1. The number of nitrogens with zero attached hydrogens (tertiary/aromatic N) is 2. The molecule has 2 heterocycles. The average Bonchev–Trinajstić information content (AvgIpc) is 3.21. The topological polar surface area (TPSA) is 35.6 Å². The Morgan fingerprint density at radius 2 is 2.04 bits per heavy atom. The van der Waals surface area contributed by atoms with E-state index in [1.165, 1.54) is 24.0 Å². The van der Waals surface area contributed by atoms with Crippen LogP contribution in [0.25, 0.3) is 0 Å². The molecule has 2 aliphatic rings. The number of benzene rings is 1. The first-order valence-corrected chi connectivity index (χ1v) is 10.1. The molecule has 1 N–H and O–H groups in total. The smallest absolute Gasteiger partial charge is 0.243 e. The predicted molar refractivity (Wildman–Crippen MR) is 107 cm³/mol. The van der Waals surface area contributed by atoms with Gasteiger partial charge in [0.1, 0.15) is 6.04 Å². The van der Waals surface area contributed by atoms with Gasteiger partial charge in [-0.05, 0) is 63.2 Å². The Morgan fingerprint density at radius 3 is 2.69 bits per heavy atom. The van der Waals surface area contributed by atoms with Crippen molar-refractivity contribution in [1.82, 2.24) is 15.1 Å². The average molecular weight is 356 g/mol. The van der Waals surface area contributed by atoms with Crippen LogP contribution < -0.4 is 5.32 Å². The molecule has 4 heteroatoms. The monoisotopic (exact) mass is 355 g/mol. The highest BCUT2D eigenvalue weighted by Gasteiger charge is 2.26. The second kappa shape index (κ2) is 9.33. The molecule has 1 fully saturated rings. The van der Waals surface area contributed by atoms with Gasteiger partial charge in [0.2, 0.25) is 5.91 Å². The van der Waals surface area contributed by atoms with Crippen LogP contribution in [0.15, 0.2) is 36.4 Å². The molecular weight excluding hydrogens is 322 g/mol. The molecule has 1 unspecified atom stereocenters. The molecule has 26 heavy (non-hydrogen) atoms. The van der Waals surface area contributed by atoms with Gasteiger partial charge >= 0.3 is 0 Å². The van der Waals surface area contributed by atoms with Gasteiger partial charge in [-0.2, -0.15) is 0 Å². The van der Waals surface area contributed by atoms with Gasteiger partial charge in [-0.1, -0.05) is 36.4 Å². The highest BCUT2D eigenvalue weighted by atomic mass is 16.2. The lowest BCUT2D eigenvalue weighted by atomic mass is 9.95. The second-order valence-corrected chi connectivity index (χ2v) is 7.65. The Labute approximate surface area is 158 Å². The quantitative estimate of drug-likeness (QED) is 0.764. The lowest BCUT2D eigenvalue weighted by molar-refractivity contribution is -0.132. The zero-order valence-electron chi connectivity index (χ0n) is 16.3. The van der Waals surface area contributed by atoms with E-state index in [4.69, 9.17) is 0 Å². The molecule has 4 nitrogen and oxygen atoms in total. The summed E-state index contributed by atoms with van der Waals surface area (Å²) < 4.78 is 0. The van der Waals surface area contributed by atoms with Crippen molar-refractivity contribution in [2.75, 3.05) is 39.3 Å². The predicted octanol–water partition coefficient (Wildman–Crippen LogP) is 2.63. The van der Waals surface area contributed by atoms with Crippen LogP contribution in [0.5, 0.6) is 0 Å². The summed E-state index contributed by atoms with van der Waals surface area (Å²) in [5, 5.41) is 3.24. The minimum absolute atomic E-state index is 0.107. The zero-order valence-corrected chi connectivity index (χ0v) is 16.3. The Morgan fingerprint density at radius 1 is 1.27 bits per heavy atom. The molecule has 1 aromatic carbocycles. The van der Waals surface area contributed by atoms with Crippen molar-refractivity contribution in [2.24, 2.45) is 5.92 Å². The largest absolute Gasteiger partial charge is 0.341 e. The van der Waals surface area contributed by atoms with E-state index in [0.717, 1.165) is 45.7 Å². The van der Waals surface area contributed by atoms with E-state index in [1.807, 2.05) is 17.1 Å². The minimum Gasteiger partial charge on any atom is -0.341 e. The number of hydrogen-bond donors (Lipinski definition) is 1. The van der Waals surface area contributed by atoms with Crippen LogP contribution in [0.4, 0.5) is 0 Å². The number of likely N-dealkylation sites (N-methyl/N-ethyl adjacent to an activating group) is 1. The number of piperidine rings is 1. The fraction of sp³-hybridized carbons (Fsp3) is 0.591. The molecule has 1 amide bonds. The summed E-state index contributed by atoms with van der Waals surface area (Å²) in [7, 11) is 0. The lowest BCUT2D eigenvalue weighted by Crippen LogP contribution is -2.47. The third-order valence-electron chi connectivity index (χ3n) is 5.89. The molecule has 1 saturated heterocycles. The second-order valence-electron chi connectivity index (χ2n) is 7.65. The van der Waals surface area contributed by atoms with E-state index in [0.29, 0.717) is 5.92 Å². The lowest BCUT2D eigenvalue weighted by Gasteiger charge is -2.35. The van der Waals surface area contributed by atoms with E-state index in [1.54, 1.807) is 0 Å². The Kier molecular flexibility index (Phi) is 6.86. The van der Waals surface area contributed by atoms with Gasteiger partial charge in [0.05, 0.1) is 0 Å². The third-order valence-corrected chi connectivity index (χ3v) is 5.89. The highest BCUT2D eigenvalue weighted by Crippen LogP contribution is 2.20. The molecule has 0 aliphatic carbocycles. The number of hydrogen-bond acceptors (Lipinski definition) is 3. The molecule has 142 valence electrons. The van der Waals surface area contributed by atoms with Gasteiger partial charge in [0.15, 0.2) is 0 Å². The Bertz CT molecular complexity index is 620. The van der Waals surface area contributed by atoms with Crippen LogP contribution in [0.1, 0.15) is 30.9 Å². The fourth-order valence-corrected chi connectivity index (χ4v) is 4.08. The normalized spacial score (nSPS) is 21.2. The summed E-state index contributed by atoms with van der Waals surface area (Å²) in [5.74, 6) is 0.877. The standard InChI is InChI=1S/C22H33N3O/c1-3-25(22(26)21-9-6-13-23-21)17-19-10-14-24(15-11-19)16-12-20-8-5-4-7-18(20)2/h4-9,19,21,23H,3,10-17H2,1-2H3. The number of carbonyl (C=O) groups is 1. The summed E-state index contributed by atoms with van der Waals surface area (Å²) >= 11 is 0. The van der Waals surface area contributed by atoms with Crippen molar-refractivity contribution >= 4 is 5.91 Å². The van der Waals surface area contributed by atoms with E-state index in [-0.39, 0.29) is 11.9 Å². The maximum absolute atomic E-state index is 12.6. The highest BCUT2D eigenvalue weighted by molar-refractivity contribution is 5.84. The molecule has 0 spiro atoms. The van der Waals surface area contributed by atoms with E-state index in [2.05, 4.69) is 48.3 Å². The van der Waals surface area contributed by atoms with Gasteiger partial charge in [0.25, 0.3) is 0 Å². The van der Waals surface area contributed by atoms with Crippen molar-refractivity contribution < 1.29 is 4.79 Å². The number of carbonyl (C=O) groups excluding carboxylic acids is 1. The van der Waals surface area contributed by atoms with Crippen LogP contribution >= 0.6 is 0 Å². The van der Waals surface area contributed by atoms with Crippen molar-refractivity contribution in [2.45, 2.75) is 39.2 Å². The summed E-state index contributed by atoms with van der Waals surface area (Å²) in [6, 6.07) is 8.59. The number of likely N-dealkylation sites (tertiary alicyclic amines) is 1. The van der Waals surface area contributed by atoms with Crippen LogP contribution in [0, 0.1) is 12.8 Å². The Balaban J connectivity index is 1.42. The zero-order chi connectivity index (χ0) is 18.4. The maximum Gasteiger partial charge on any atom is 0.243 e. The Hall–Kier alpha value is -1.65. The minimum atomic E-state index is -0.107. The molecule has 0 radical (unpaired) electrons. The molecule has 3 rings (SSSR count). The van der Waals surface area contributed by atoms with Crippen LogP contribution in [0.2, 0.25) is 0 Å². The molecule has 1 aromatic rings. The third kappa shape index (κ3) is 4.95. The molecular formula is C22H33N3O. The van der Waals surface area contributed by atoms with Gasteiger partial charge in [-0.25, -0.2) is 0 Å². The first kappa shape index (κ1) is 19.1. The van der Waals surface area contributed by atoms with E-state index >= 15 is 0 Å². The van der Waals surface area contributed by atoms with Gasteiger partial charge in [-0.3, -0.25) is 10.1 Å². The molecule has 0 saturated carbocycles. The first-order chi connectivity index (χ1) is 12.7. The van der Waals surface area contributed by atoms with E-state index in [9.17, 15) is 4.79 Å². The number of rotatable bonds is 7. The number of aryl methyl sites for hydroxylation is 1. The van der Waals surface area contributed by atoms with Crippen LogP contribution in [-0.4, -0.2) is 61.0 Å². The molecule has 1 atom stereocenters. The molecule has 2 aliphatic heterocycles. The molecule has 0 bridgehead atoms. The van der Waals surface area contributed by atoms with Crippen LogP contribution in [0.3, 0.4) is 0 Å². The first-order valence-electron chi connectivity index (χ1n) is 10.1. The van der Waals surface area contributed by atoms with Crippen molar-refractivity contribution in [3.8, 4) is 0 Å². The summed E-state index contributed by atoms with van der Waals surface area (Å²) in [6.07, 6.45) is 7.58. The van der Waals surface area contributed by atoms with Gasteiger partial charge in [0, 0.05) is 26.2 Å². The van der Waals surface area contributed by atoms with Crippen LogP contribution in [-0.2, 0) is 11.2 Å². The summed E-state index contributed by atoms with van der Waals surface area (Å²) in [6.45, 7) is 10.3. The summed E-state index contributed by atoms with van der Waals surface area (Å²) in [4.78, 5) is 17.2. The van der Waals surface area contributed by atoms with Crippen molar-refractivity contribution in [3.63, 3.8) is 0 Å².